The lowest BCUT2D eigenvalue weighted by atomic mass is 10.1. The fourth-order valence-electron chi connectivity index (χ4n) is 1.90. The van der Waals surface area contributed by atoms with Crippen LogP contribution in [0.1, 0.15) is 39.0 Å². The van der Waals surface area contributed by atoms with Gasteiger partial charge in [0.15, 0.2) is 0 Å². The summed E-state index contributed by atoms with van der Waals surface area (Å²) in [5.41, 5.74) is 0. The van der Waals surface area contributed by atoms with Crippen LogP contribution < -0.4 is 5.32 Å². The third-order valence-corrected chi connectivity index (χ3v) is 3.17. The van der Waals surface area contributed by atoms with Crippen molar-refractivity contribution in [3.8, 4) is 0 Å². The van der Waals surface area contributed by atoms with Crippen molar-refractivity contribution in [2.75, 3.05) is 12.4 Å². The molecule has 0 aromatic heterocycles. The number of amides is 1. The molecule has 1 amide bonds. The van der Waals surface area contributed by atoms with Crippen molar-refractivity contribution in [3.05, 3.63) is 0 Å². The highest BCUT2D eigenvalue weighted by molar-refractivity contribution is 6.17. The Hall–Kier alpha value is -0.240. The molecule has 1 aliphatic carbocycles. The molecule has 0 spiro atoms. The predicted molar refractivity (Wildman–Crippen MR) is 59.5 cm³/mol. The van der Waals surface area contributed by atoms with Gasteiger partial charge in [-0.1, -0.05) is 19.8 Å². The van der Waals surface area contributed by atoms with E-state index in [1.54, 1.807) is 0 Å². The fraction of sp³-hybridized carbons (Fsp3) is 0.909. The lowest BCUT2D eigenvalue weighted by Gasteiger charge is -2.13. The molecular weight excluding hydrogens is 198 g/mol. The molecule has 0 aliphatic heterocycles. The lowest BCUT2D eigenvalue weighted by molar-refractivity contribution is -0.124. The molecule has 82 valence electrons. The standard InChI is InChI=1S/C11H20ClNO/c1-9(6-7-12)8-13-11(14)10-4-2-3-5-10/h9-10H,2-8H2,1H3,(H,13,14). The first-order valence-corrected chi connectivity index (χ1v) is 6.11. The Balaban J connectivity index is 2.13. The molecule has 0 bridgehead atoms. The van der Waals surface area contributed by atoms with Crippen molar-refractivity contribution in [2.24, 2.45) is 11.8 Å². The molecule has 0 aromatic carbocycles. The highest BCUT2D eigenvalue weighted by Crippen LogP contribution is 2.24. The lowest BCUT2D eigenvalue weighted by Crippen LogP contribution is -2.32. The van der Waals surface area contributed by atoms with Crippen LogP contribution in [0, 0.1) is 11.8 Å². The van der Waals surface area contributed by atoms with E-state index in [1.165, 1.54) is 12.8 Å². The topological polar surface area (TPSA) is 29.1 Å². The highest BCUT2D eigenvalue weighted by atomic mass is 35.5. The first-order chi connectivity index (χ1) is 6.74. The van der Waals surface area contributed by atoms with Gasteiger partial charge in [-0.25, -0.2) is 0 Å². The van der Waals surface area contributed by atoms with Gasteiger partial charge in [-0.15, -0.1) is 11.6 Å². The summed E-state index contributed by atoms with van der Waals surface area (Å²) in [7, 11) is 0. The quantitative estimate of drug-likeness (QED) is 0.705. The molecule has 1 aliphatic rings. The monoisotopic (exact) mass is 217 g/mol. The van der Waals surface area contributed by atoms with E-state index in [4.69, 9.17) is 11.6 Å². The van der Waals surface area contributed by atoms with Crippen molar-refractivity contribution in [3.63, 3.8) is 0 Å². The van der Waals surface area contributed by atoms with Gasteiger partial charge in [0.2, 0.25) is 5.91 Å². The summed E-state index contributed by atoms with van der Waals surface area (Å²) >= 11 is 5.63. The maximum Gasteiger partial charge on any atom is 0.223 e. The zero-order valence-corrected chi connectivity index (χ0v) is 9.65. The minimum Gasteiger partial charge on any atom is -0.356 e. The van der Waals surface area contributed by atoms with E-state index in [1.807, 2.05) is 0 Å². The number of carbonyl (C=O) groups excluding carboxylic acids is 1. The van der Waals surface area contributed by atoms with Gasteiger partial charge in [-0.2, -0.15) is 0 Å². The first kappa shape index (κ1) is 11.8. The van der Waals surface area contributed by atoms with Crippen LogP contribution in [-0.2, 0) is 4.79 Å². The number of hydrogen-bond donors (Lipinski definition) is 1. The minimum atomic E-state index is 0.254. The van der Waals surface area contributed by atoms with E-state index in [0.29, 0.717) is 17.7 Å². The summed E-state index contributed by atoms with van der Waals surface area (Å²) < 4.78 is 0. The van der Waals surface area contributed by atoms with E-state index in [9.17, 15) is 4.79 Å². The molecule has 1 saturated carbocycles. The Morgan fingerprint density at radius 2 is 2.14 bits per heavy atom. The predicted octanol–water partition coefficient (Wildman–Crippen LogP) is 2.56. The smallest absolute Gasteiger partial charge is 0.223 e. The molecule has 3 heteroatoms. The average molecular weight is 218 g/mol. The SMILES string of the molecule is CC(CCCl)CNC(=O)C1CCCC1. The summed E-state index contributed by atoms with van der Waals surface area (Å²) in [5.74, 6) is 1.72. The second kappa shape index (κ2) is 6.28. The Kier molecular flexibility index (Phi) is 5.31. The third kappa shape index (κ3) is 3.87. The Morgan fingerprint density at radius 3 is 2.71 bits per heavy atom. The molecule has 1 fully saturated rings. The molecular formula is C11H20ClNO. The first-order valence-electron chi connectivity index (χ1n) is 5.57. The van der Waals surface area contributed by atoms with Crippen LogP contribution in [0.5, 0.6) is 0 Å². The Bertz CT molecular complexity index is 178. The number of alkyl halides is 1. The second-order valence-electron chi connectivity index (χ2n) is 4.31. The van der Waals surface area contributed by atoms with Gasteiger partial charge in [0, 0.05) is 18.3 Å². The van der Waals surface area contributed by atoms with Gasteiger partial charge < -0.3 is 5.32 Å². The summed E-state index contributed by atoms with van der Waals surface area (Å²) in [6.45, 7) is 2.90. The van der Waals surface area contributed by atoms with Crippen LogP contribution in [0.25, 0.3) is 0 Å². The van der Waals surface area contributed by atoms with Crippen LogP contribution in [0.4, 0.5) is 0 Å². The van der Waals surface area contributed by atoms with Gasteiger partial charge in [-0.3, -0.25) is 4.79 Å². The van der Waals surface area contributed by atoms with Gasteiger partial charge in [-0.05, 0) is 25.2 Å². The van der Waals surface area contributed by atoms with Crippen molar-refractivity contribution >= 4 is 17.5 Å². The van der Waals surface area contributed by atoms with E-state index < -0.39 is 0 Å². The molecule has 1 rings (SSSR count). The van der Waals surface area contributed by atoms with Crippen molar-refractivity contribution in [1.29, 1.82) is 0 Å². The molecule has 0 aromatic rings. The maximum absolute atomic E-state index is 11.6. The van der Waals surface area contributed by atoms with Crippen molar-refractivity contribution in [2.45, 2.75) is 39.0 Å². The van der Waals surface area contributed by atoms with Crippen molar-refractivity contribution in [1.82, 2.24) is 5.32 Å². The molecule has 1 N–H and O–H groups in total. The van der Waals surface area contributed by atoms with E-state index in [2.05, 4.69) is 12.2 Å². The normalized spacial score (nSPS) is 19.6. The summed E-state index contributed by atoms with van der Waals surface area (Å²) in [6, 6.07) is 0. The van der Waals surface area contributed by atoms with Gasteiger partial charge >= 0.3 is 0 Å². The molecule has 1 atom stereocenters. The Labute approximate surface area is 91.4 Å². The van der Waals surface area contributed by atoms with Crippen LogP contribution in [-0.4, -0.2) is 18.3 Å². The molecule has 0 heterocycles. The van der Waals surface area contributed by atoms with Gasteiger partial charge in [0.25, 0.3) is 0 Å². The number of rotatable bonds is 5. The van der Waals surface area contributed by atoms with Crippen LogP contribution in [0.15, 0.2) is 0 Å². The molecule has 14 heavy (non-hydrogen) atoms. The zero-order chi connectivity index (χ0) is 10.4. The molecule has 2 nitrogen and oxygen atoms in total. The number of halogens is 1. The third-order valence-electron chi connectivity index (χ3n) is 2.95. The molecule has 0 saturated heterocycles. The van der Waals surface area contributed by atoms with E-state index >= 15 is 0 Å². The minimum absolute atomic E-state index is 0.254. The molecule has 0 radical (unpaired) electrons. The number of hydrogen-bond acceptors (Lipinski definition) is 1. The zero-order valence-electron chi connectivity index (χ0n) is 8.89. The number of carbonyl (C=O) groups is 1. The average Bonchev–Trinajstić information content (AvgIpc) is 2.67. The largest absolute Gasteiger partial charge is 0.356 e. The van der Waals surface area contributed by atoms with E-state index in [0.717, 1.165) is 25.8 Å². The molecule has 1 unspecified atom stereocenters. The summed E-state index contributed by atoms with van der Waals surface area (Å²) in [5, 5.41) is 3.01. The van der Waals surface area contributed by atoms with Gasteiger partial charge in [0.05, 0.1) is 0 Å². The van der Waals surface area contributed by atoms with Crippen LogP contribution in [0.2, 0.25) is 0 Å². The number of nitrogens with one attached hydrogen (secondary N) is 1. The maximum atomic E-state index is 11.6. The van der Waals surface area contributed by atoms with E-state index in [-0.39, 0.29) is 5.91 Å². The van der Waals surface area contributed by atoms with Gasteiger partial charge in [0.1, 0.15) is 0 Å². The summed E-state index contributed by atoms with van der Waals surface area (Å²) in [4.78, 5) is 11.6. The Morgan fingerprint density at radius 1 is 1.50 bits per heavy atom. The highest BCUT2D eigenvalue weighted by Gasteiger charge is 2.22. The van der Waals surface area contributed by atoms with Crippen molar-refractivity contribution < 1.29 is 4.79 Å². The second-order valence-corrected chi connectivity index (χ2v) is 4.69. The van der Waals surface area contributed by atoms with Crippen LogP contribution in [0.3, 0.4) is 0 Å². The fourth-order valence-corrected chi connectivity index (χ4v) is 2.27. The summed E-state index contributed by atoms with van der Waals surface area (Å²) in [6.07, 6.45) is 5.57. The van der Waals surface area contributed by atoms with Crippen LogP contribution >= 0.6 is 11.6 Å².